The van der Waals surface area contributed by atoms with Gasteiger partial charge in [0, 0.05) is 10.4 Å². The van der Waals surface area contributed by atoms with Gasteiger partial charge < -0.3 is 0 Å². The van der Waals surface area contributed by atoms with Gasteiger partial charge in [0.25, 0.3) is 0 Å². The fourth-order valence-corrected chi connectivity index (χ4v) is 2.60. The van der Waals surface area contributed by atoms with Gasteiger partial charge in [-0.15, -0.1) is 0 Å². The Morgan fingerprint density at radius 2 is 1.37 bits per heavy atom. The van der Waals surface area contributed by atoms with Gasteiger partial charge in [-0.3, -0.25) is 0 Å². The van der Waals surface area contributed by atoms with Crippen molar-refractivity contribution in [1.82, 2.24) is 0 Å². The number of hydrogen-bond donors (Lipinski definition) is 0. The van der Waals surface area contributed by atoms with Gasteiger partial charge in [-0.2, -0.15) is 0 Å². The van der Waals surface area contributed by atoms with Crippen molar-refractivity contribution < 1.29 is 17.6 Å². The van der Waals surface area contributed by atoms with Crippen molar-refractivity contribution in [2.75, 3.05) is 0 Å². The van der Waals surface area contributed by atoms with Gasteiger partial charge in [0.1, 0.15) is 11.6 Å². The highest BCUT2D eigenvalue weighted by atomic mass is 79.9. The summed E-state index contributed by atoms with van der Waals surface area (Å²) in [6, 6.07) is 7.21. The zero-order valence-corrected chi connectivity index (χ0v) is 11.2. The van der Waals surface area contributed by atoms with Crippen LogP contribution in [-0.4, -0.2) is 0 Å². The van der Waals surface area contributed by atoms with Crippen molar-refractivity contribution in [2.45, 2.75) is 11.2 Å². The Morgan fingerprint density at radius 1 is 0.842 bits per heavy atom. The molecule has 2 rings (SSSR count). The molecule has 2 aromatic rings. The number of rotatable bonds is 3. The second-order valence-electron chi connectivity index (χ2n) is 4.02. The molecule has 0 radical (unpaired) electrons. The molecule has 0 saturated heterocycles. The number of benzene rings is 2. The Bertz CT molecular complexity index is 578. The molecule has 0 saturated carbocycles. The van der Waals surface area contributed by atoms with Crippen molar-refractivity contribution >= 4 is 15.9 Å². The topological polar surface area (TPSA) is 0 Å². The second-order valence-corrected chi connectivity index (χ2v) is 5.13. The lowest BCUT2D eigenvalue weighted by molar-refractivity contribution is 0.496. The van der Waals surface area contributed by atoms with Crippen LogP contribution in [0.5, 0.6) is 0 Å². The molecule has 0 amide bonds. The van der Waals surface area contributed by atoms with E-state index in [1.165, 1.54) is 18.2 Å². The van der Waals surface area contributed by atoms with Gasteiger partial charge in [-0.1, -0.05) is 34.1 Å². The summed E-state index contributed by atoms with van der Waals surface area (Å²) in [6.07, 6.45) is -0.0541. The Labute approximate surface area is 116 Å². The maximum atomic E-state index is 13.5. The summed E-state index contributed by atoms with van der Waals surface area (Å²) in [5.41, 5.74) is -0.129. The molecule has 0 aromatic heterocycles. The zero-order chi connectivity index (χ0) is 14.0. The van der Waals surface area contributed by atoms with Crippen molar-refractivity contribution in [1.29, 1.82) is 0 Å². The fraction of sp³-hybridized carbons (Fsp3) is 0.143. The Morgan fingerprint density at radius 3 is 2.00 bits per heavy atom. The summed E-state index contributed by atoms with van der Waals surface area (Å²) in [4.78, 5) is -0.773. The molecular weight excluding hydrogens is 324 g/mol. The summed E-state index contributed by atoms with van der Waals surface area (Å²) in [5, 5.41) is 0. The Balaban J connectivity index is 2.31. The number of alkyl halides is 1. The molecule has 0 N–H and O–H groups in total. The van der Waals surface area contributed by atoms with Crippen LogP contribution in [0, 0.1) is 23.3 Å². The highest BCUT2D eigenvalue weighted by molar-refractivity contribution is 9.09. The first-order valence-electron chi connectivity index (χ1n) is 5.51. The molecule has 0 aliphatic carbocycles. The van der Waals surface area contributed by atoms with E-state index in [-0.39, 0.29) is 17.5 Å². The molecule has 2 aromatic carbocycles. The molecule has 1 unspecified atom stereocenters. The monoisotopic (exact) mass is 332 g/mol. The molecule has 0 fully saturated rings. The van der Waals surface area contributed by atoms with Crippen LogP contribution in [0.15, 0.2) is 36.4 Å². The Kier molecular flexibility index (Phi) is 4.24. The summed E-state index contributed by atoms with van der Waals surface area (Å²) in [6.45, 7) is 0. The van der Waals surface area contributed by atoms with Crippen LogP contribution in [0.1, 0.15) is 16.0 Å². The molecular formula is C14H9BrF4. The second kappa shape index (κ2) is 5.74. The molecule has 100 valence electrons. The summed E-state index contributed by atoms with van der Waals surface area (Å²) < 4.78 is 53.6. The van der Waals surface area contributed by atoms with Crippen molar-refractivity contribution in [2.24, 2.45) is 0 Å². The summed E-state index contributed by atoms with van der Waals surface area (Å²) >= 11 is 3.11. The van der Waals surface area contributed by atoms with Gasteiger partial charge in [-0.25, -0.2) is 17.6 Å². The van der Waals surface area contributed by atoms with Crippen LogP contribution in [-0.2, 0) is 6.42 Å². The number of halogens is 5. The highest BCUT2D eigenvalue weighted by Gasteiger charge is 2.20. The lowest BCUT2D eigenvalue weighted by Crippen LogP contribution is -2.04. The normalized spacial score (nSPS) is 12.5. The van der Waals surface area contributed by atoms with E-state index in [9.17, 15) is 17.6 Å². The minimum absolute atomic E-state index is 0.0541. The molecule has 5 heteroatoms. The lowest BCUT2D eigenvalue weighted by atomic mass is 10.0. The smallest absolute Gasteiger partial charge is 0.162 e. The summed E-state index contributed by atoms with van der Waals surface area (Å²) in [5.74, 6) is -3.42. The predicted molar refractivity (Wildman–Crippen MR) is 68.1 cm³/mol. The van der Waals surface area contributed by atoms with E-state index < -0.39 is 28.1 Å². The van der Waals surface area contributed by atoms with Crippen LogP contribution in [0.25, 0.3) is 0 Å². The van der Waals surface area contributed by atoms with E-state index in [4.69, 9.17) is 0 Å². The van der Waals surface area contributed by atoms with Crippen molar-refractivity contribution in [3.63, 3.8) is 0 Å². The van der Waals surface area contributed by atoms with Crippen molar-refractivity contribution in [3.05, 3.63) is 70.8 Å². The third-order valence-electron chi connectivity index (χ3n) is 2.74. The standard InChI is InChI=1S/C14H9BrF4/c15-9(13-10(16)4-2-5-11(13)17)7-8-3-1-6-12(18)14(8)19/h1-6,9H,7H2. The van der Waals surface area contributed by atoms with Crippen molar-refractivity contribution in [3.8, 4) is 0 Å². The summed E-state index contributed by atoms with van der Waals surface area (Å²) in [7, 11) is 0. The first-order valence-corrected chi connectivity index (χ1v) is 6.43. The fourth-order valence-electron chi connectivity index (χ4n) is 1.81. The molecule has 0 aliphatic rings. The van der Waals surface area contributed by atoms with Crippen LogP contribution in [0.2, 0.25) is 0 Å². The molecule has 0 aliphatic heterocycles. The van der Waals surface area contributed by atoms with Gasteiger partial charge in [0.15, 0.2) is 11.6 Å². The molecule has 1 atom stereocenters. The van der Waals surface area contributed by atoms with Crippen LogP contribution in [0.3, 0.4) is 0 Å². The predicted octanol–water partition coefficient (Wildman–Crippen LogP) is 4.92. The minimum atomic E-state index is -0.997. The highest BCUT2D eigenvalue weighted by Crippen LogP contribution is 2.32. The zero-order valence-electron chi connectivity index (χ0n) is 9.64. The van der Waals surface area contributed by atoms with Crippen LogP contribution < -0.4 is 0 Å². The SMILES string of the molecule is Fc1cccc(CC(Br)c2c(F)cccc2F)c1F. The largest absolute Gasteiger partial charge is 0.207 e. The van der Waals surface area contributed by atoms with E-state index in [1.807, 2.05) is 0 Å². The van der Waals surface area contributed by atoms with E-state index in [0.717, 1.165) is 18.2 Å². The van der Waals surface area contributed by atoms with Crippen LogP contribution in [0.4, 0.5) is 17.6 Å². The van der Waals surface area contributed by atoms with Crippen LogP contribution >= 0.6 is 15.9 Å². The average Bonchev–Trinajstić information content (AvgIpc) is 2.35. The minimum Gasteiger partial charge on any atom is -0.207 e. The quantitative estimate of drug-likeness (QED) is 0.552. The van der Waals surface area contributed by atoms with E-state index in [2.05, 4.69) is 15.9 Å². The molecule has 0 nitrogen and oxygen atoms in total. The first-order chi connectivity index (χ1) is 9.00. The van der Waals surface area contributed by atoms with Gasteiger partial charge in [-0.05, 0) is 30.2 Å². The van der Waals surface area contributed by atoms with E-state index in [1.54, 1.807) is 0 Å². The maximum Gasteiger partial charge on any atom is 0.162 e. The van der Waals surface area contributed by atoms with Gasteiger partial charge in [0.05, 0.1) is 0 Å². The lowest BCUT2D eigenvalue weighted by Gasteiger charge is -2.13. The molecule has 19 heavy (non-hydrogen) atoms. The van der Waals surface area contributed by atoms with E-state index in [0.29, 0.717) is 0 Å². The first kappa shape index (κ1) is 14.1. The van der Waals surface area contributed by atoms with E-state index >= 15 is 0 Å². The molecule has 0 spiro atoms. The Hall–Kier alpha value is -1.36. The average molecular weight is 333 g/mol. The third kappa shape index (κ3) is 2.97. The molecule has 0 bridgehead atoms. The van der Waals surface area contributed by atoms with Gasteiger partial charge in [0.2, 0.25) is 0 Å². The maximum absolute atomic E-state index is 13.5. The van der Waals surface area contributed by atoms with Gasteiger partial charge >= 0.3 is 0 Å². The third-order valence-corrected chi connectivity index (χ3v) is 3.53. The molecule has 0 heterocycles. The number of hydrogen-bond acceptors (Lipinski definition) is 0.